The van der Waals surface area contributed by atoms with Gasteiger partial charge >= 0.3 is 0 Å². The lowest BCUT2D eigenvalue weighted by Gasteiger charge is -2.39. The molecule has 3 atom stereocenters. The van der Waals surface area contributed by atoms with Gasteiger partial charge in [0.2, 0.25) is 5.89 Å². The summed E-state index contributed by atoms with van der Waals surface area (Å²) in [7, 11) is 0. The van der Waals surface area contributed by atoms with Crippen molar-refractivity contribution >= 4 is 11.3 Å². The number of hydrogen-bond acceptors (Lipinski definition) is 6. The highest BCUT2D eigenvalue weighted by molar-refractivity contribution is 7.11. The molecule has 2 aromatic heterocycles. The topological polar surface area (TPSA) is 51.4 Å². The van der Waals surface area contributed by atoms with E-state index in [-0.39, 0.29) is 5.92 Å². The Morgan fingerprint density at radius 3 is 3.00 bits per heavy atom. The molecule has 0 N–H and O–H groups in total. The molecule has 22 heavy (non-hydrogen) atoms. The second kappa shape index (κ2) is 5.76. The van der Waals surface area contributed by atoms with Gasteiger partial charge in [-0.05, 0) is 38.8 Å². The van der Waals surface area contributed by atoms with Crippen LogP contribution in [0, 0.1) is 13.8 Å². The predicted octanol–water partition coefficient (Wildman–Crippen LogP) is 2.89. The summed E-state index contributed by atoms with van der Waals surface area (Å²) in [6, 6.07) is 4.97. The van der Waals surface area contributed by atoms with Crippen molar-refractivity contribution in [1.82, 2.24) is 15.0 Å². The molecule has 2 fully saturated rings. The van der Waals surface area contributed by atoms with Crippen LogP contribution in [0.2, 0.25) is 0 Å². The van der Waals surface area contributed by atoms with E-state index >= 15 is 0 Å². The van der Waals surface area contributed by atoms with Gasteiger partial charge in [-0.2, -0.15) is 4.98 Å². The highest BCUT2D eigenvalue weighted by atomic mass is 32.1. The zero-order valence-electron chi connectivity index (χ0n) is 13.0. The first-order valence-corrected chi connectivity index (χ1v) is 8.72. The van der Waals surface area contributed by atoms with E-state index in [2.05, 4.69) is 34.1 Å². The molecular formula is C16H21N3O2S. The third-order valence-corrected chi connectivity index (χ3v) is 5.65. The molecule has 0 unspecified atom stereocenters. The lowest BCUT2D eigenvalue weighted by atomic mass is 9.90. The monoisotopic (exact) mass is 319 g/mol. The molecule has 2 saturated heterocycles. The van der Waals surface area contributed by atoms with Gasteiger partial charge in [0.1, 0.15) is 0 Å². The minimum Gasteiger partial charge on any atom is -0.377 e. The van der Waals surface area contributed by atoms with Crippen LogP contribution >= 0.6 is 11.3 Å². The highest BCUT2D eigenvalue weighted by Gasteiger charge is 2.42. The third-order valence-electron chi connectivity index (χ3n) is 4.66. The maximum atomic E-state index is 5.96. The van der Waals surface area contributed by atoms with E-state index in [4.69, 9.17) is 9.26 Å². The number of aromatic nitrogens is 2. The number of thiophene rings is 1. The Bertz CT molecular complexity index is 653. The van der Waals surface area contributed by atoms with Gasteiger partial charge in [0.15, 0.2) is 5.82 Å². The Hall–Kier alpha value is -1.24. The van der Waals surface area contributed by atoms with E-state index in [1.165, 1.54) is 9.75 Å². The average Bonchev–Trinajstić information content (AvgIpc) is 3.20. The van der Waals surface area contributed by atoms with Crippen molar-refractivity contribution in [2.75, 3.05) is 13.2 Å². The fraction of sp³-hybridized carbons (Fsp3) is 0.625. The van der Waals surface area contributed by atoms with E-state index in [0.717, 1.165) is 38.4 Å². The van der Waals surface area contributed by atoms with Gasteiger partial charge in [-0.15, -0.1) is 11.3 Å². The van der Waals surface area contributed by atoms with E-state index in [9.17, 15) is 0 Å². The van der Waals surface area contributed by atoms with Crippen LogP contribution < -0.4 is 0 Å². The normalized spacial score (nSPS) is 28.9. The summed E-state index contributed by atoms with van der Waals surface area (Å²) in [5, 5.41) is 3.95. The lowest BCUT2D eigenvalue weighted by molar-refractivity contribution is 0.00887. The first-order valence-electron chi connectivity index (χ1n) is 7.90. The molecule has 0 bridgehead atoms. The molecule has 0 saturated carbocycles. The number of nitrogens with zero attached hydrogens (tertiary/aromatic N) is 3. The van der Waals surface area contributed by atoms with Crippen molar-refractivity contribution in [3.8, 4) is 0 Å². The summed E-state index contributed by atoms with van der Waals surface area (Å²) in [5.41, 5.74) is 0. The zero-order chi connectivity index (χ0) is 15.1. The fourth-order valence-electron chi connectivity index (χ4n) is 3.66. The Morgan fingerprint density at radius 1 is 1.36 bits per heavy atom. The maximum Gasteiger partial charge on any atom is 0.231 e. The zero-order valence-corrected chi connectivity index (χ0v) is 13.8. The van der Waals surface area contributed by atoms with E-state index < -0.39 is 0 Å². The van der Waals surface area contributed by atoms with Crippen LogP contribution in [0.3, 0.4) is 0 Å². The molecule has 118 valence electrons. The molecule has 0 spiro atoms. The standard InChI is InChI=1S/C16H21N3O2S/c1-10-3-4-13(22-10)9-19-8-12(16-17-11(2)18-21-16)7-15-14(19)5-6-20-15/h3-4,12,14-15H,5-9H2,1-2H3/t12-,14+,15+/m0/s1. The summed E-state index contributed by atoms with van der Waals surface area (Å²) in [4.78, 5) is 9.78. The molecule has 6 heteroatoms. The first kappa shape index (κ1) is 14.4. The van der Waals surface area contributed by atoms with Crippen LogP contribution in [0.4, 0.5) is 0 Å². The van der Waals surface area contributed by atoms with E-state index in [1.807, 2.05) is 18.3 Å². The van der Waals surface area contributed by atoms with Gasteiger partial charge in [0.25, 0.3) is 0 Å². The average molecular weight is 319 g/mol. The van der Waals surface area contributed by atoms with Crippen LogP contribution in [-0.4, -0.2) is 40.3 Å². The number of ether oxygens (including phenoxy) is 1. The number of rotatable bonds is 3. The Labute approximate surface area is 134 Å². The summed E-state index contributed by atoms with van der Waals surface area (Å²) in [6.45, 7) is 6.87. The molecule has 4 rings (SSSR count). The Balaban J connectivity index is 1.55. The van der Waals surface area contributed by atoms with Crippen molar-refractivity contribution < 1.29 is 9.26 Å². The quantitative estimate of drug-likeness (QED) is 0.870. The highest BCUT2D eigenvalue weighted by Crippen LogP contribution is 2.36. The second-order valence-electron chi connectivity index (χ2n) is 6.32. The van der Waals surface area contributed by atoms with Crippen molar-refractivity contribution in [2.24, 2.45) is 0 Å². The van der Waals surface area contributed by atoms with E-state index in [0.29, 0.717) is 18.0 Å². The molecule has 2 aliphatic heterocycles. The predicted molar refractivity (Wildman–Crippen MR) is 84.0 cm³/mol. The summed E-state index contributed by atoms with van der Waals surface area (Å²) >= 11 is 1.88. The molecular weight excluding hydrogens is 298 g/mol. The minimum atomic E-state index is 0.279. The number of aryl methyl sites for hydroxylation is 2. The number of piperidine rings is 1. The summed E-state index contributed by atoms with van der Waals surface area (Å²) in [5.74, 6) is 1.75. The van der Waals surface area contributed by atoms with Crippen molar-refractivity contribution in [3.05, 3.63) is 33.6 Å². The third kappa shape index (κ3) is 2.71. The summed E-state index contributed by atoms with van der Waals surface area (Å²) < 4.78 is 11.4. The van der Waals surface area contributed by atoms with Crippen molar-refractivity contribution in [2.45, 2.75) is 51.3 Å². The smallest absolute Gasteiger partial charge is 0.231 e. The number of fused-ring (bicyclic) bond motifs is 1. The molecule has 5 nitrogen and oxygen atoms in total. The largest absolute Gasteiger partial charge is 0.377 e. The van der Waals surface area contributed by atoms with Gasteiger partial charge in [-0.3, -0.25) is 4.90 Å². The van der Waals surface area contributed by atoms with Gasteiger partial charge in [-0.1, -0.05) is 5.16 Å². The second-order valence-corrected chi connectivity index (χ2v) is 7.69. The molecule has 2 aliphatic rings. The molecule has 2 aromatic rings. The SMILES string of the molecule is Cc1noc([C@H]2C[C@H]3OCC[C@H]3N(Cc3ccc(C)s3)C2)n1. The number of likely N-dealkylation sites (tertiary alicyclic amines) is 1. The van der Waals surface area contributed by atoms with E-state index in [1.54, 1.807) is 0 Å². The maximum absolute atomic E-state index is 5.96. The van der Waals surface area contributed by atoms with Gasteiger partial charge in [0.05, 0.1) is 12.0 Å². The van der Waals surface area contributed by atoms with Gasteiger partial charge in [0, 0.05) is 35.5 Å². The molecule has 0 amide bonds. The Morgan fingerprint density at radius 2 is 2.27 bits per heavy atom. The molecule has 0 aromatic carbocycles. The lowest BCUT2D eigenvalue weighted by Crippen LogP contribution is -2.48. The van der Waals surface area contributed by atoms with Crippen molar-refractivity contribution in [1.29, 1.82) is 0 Å². The molecule has 0 radical (unpaired) electrons. The summed E-state index contributed by atoms with van der Waals surface area (Å²) in [6.07, 6.45) is 2.42. The fourth-order valence-corrected chi connectivity index (χ4v) is 4.58. The van der Waals surface area contributed by atoms with Crippen LogP contribution in [0.5, 0.6) is 0 Å². The van der Waals surface area contributed by atoms with Crippen LogP contribution in [0.25, 0.3) is 0 Å². The molecule has 0 aliphatic carbocycles. The molecule has 4 heterocycles. The van der Waals surface area contributed by atoms with Gasteiger partial charge in [-0.25, -0.2) is 0 Å². The number of hydrogen-bond donors (Lipinski definition) is 0. The minimum absolute atomic E-state index is 0.279. The van der Waals surface area contributed by atoms with Gasteiger partial charge < -0.3 is 9.26 Å². The van der Waals surface area contributed by atoms with Crippen LogP contribution in [0.1, 0.15) is 40.2 Å². The van der Waals surface area contributed by atoms with Crippen LogP contribution in [-0.2, 0) is 11.3 Å². The Kier molecular flexibility index (Phi) is 3.76. The first-order chi connectivity index (χ1) is 10.7. The van der Waals surface area contributed by atoms with Crippen LogP contribution in [0.15, 0.2) is 16.7 Å². The van der Waals surface area contributed by atoms with Crippen molar-refractivity contribution in [3.63, 3.8) is 0 Å².